The Bertz CT molecular complexity index is 257. The summed E-state index contributed by atoms with van der Waals surface area (Å²) >= 11 is 0. The summed E-state index contributed by atoms with van der Waals surface area (Å²) < 4.78 is 24.9. The third-order valence-corrected chi connectivity index (χ3v) is 3.22. The van der Waals surface area contributed by atoms with E-state index >= 15 is 0 Å². The first-order valence-electron chi connectivity index (χ1n) is 4.02. The van der Waals surface area contributed by atoms with Gasteiger partial charge in [0.25, 0.3) is 0 Å². The van der Waals surface area contributed by atoms with Gasteiger partial charge in [-0.1, -0.05) is 19.9 Å². The van der Waals surface area contributed by atoms with Crippen molar-refractivity contribution in [3.63, 3.8) is 0 Å². The molecule has 0 fully saturated rings. The van der Waals surface area contributed by atoms with Crippen LogP contribution in [0.25, 0.3) is 0 Å². The fraction of sp³-hybridized carbons (Fsp3) is 0.750. The Morgan fingerprint density at radius 1 is 1.54 bits per heavy atom. The molecule has 0 aromatic heterocycles. The smallest absolute Gasteiger partial charge is 0.212 e. The van der Waals surface area contributed by atoms with Gasteiger partial charge in [-0.25, -0.2) is 13.1 Å². The van der Waals surface area contributed by atoms with Crippen molar-refractivity contribution < 1.29 is 13.5 Å². The minimum atomic E-state index is -3.29. The van der Waals surface area contributed by atoms with Gasteiger partial charge in [0.05, 0.1) is 5.75 Å². The van der Waals surface area contributed by atoms with E-state index in [2.05, 4.69) is 11.3 Å². The van der Waals surface area contributed by atoms with E-state index in [4.69, 9.17) is 5.11 Å². The molecule has 0 heterocycles. The zero-order valence-electron chi connectivity index (χ0n) is 8.08. The van der Waals surface area contributed by atoms with Crippen molar-refractivity contribution in [2.75, 3.05) is 18.9 Å². The summed E-state index contributed by atoms with van der Waals surface area (Å²) in [6, 6.07) is 0. The number of nitrogens with one attached hydrogen (secondary N) is 1. The first-order chi connectivity index (χ1) is 5.83. The zero-order chi connectivity index (χ0) is 10.5. The topological polar surface area (TPSA) is 66.4 Å². The monoisotopic (exact) mass is 207 g/mol. The van der Waals surface area contributed by atoms with Gasteiger partial charge in [-0.3, -0.25) is 0 Å². The van der Waals surface area contributed by atoms with E-state index in [1.165, 1.54) is 6.08 Å². The Kier molecular flexibility index (Phi) is 4.60. The molecule has 0 saturated heterocycles. The molecular formula is C8H17NO3S. The third-order valence-electron chi connectivity index (χ3n) is 1.46. The lowest BCUT2D eigenvalue weighted by Crippen LogP contribution is -2.35. The van der Waals surface area contributed by atoms with Crippen molar-refractivity contribution in [3.8, 4) is 0 Å². The summed E-state index contributed by atoms with van der Waals surface area (Å²) in [6.07, 6.45) is 1.48. The number of hydrogen-bond donors (Lipinski definition) is 2. The highest BCUT2D eigenvalue weighted by atomic mass is 32.2. The van der Waals surface area contributed by atoms with Crippen LogP contribution in [0.1, 0.15) is 13.8 Å². The molecule has 0 rings (SSSR count). The molecule has 2 N–H and O–H groups in total. The molecule has 78 valence electrons. The Hall–Kier alpha value is -0.390. The highest BCUT2D eigenvalue weighted by molar-refractivity contribution is 7.89. The summed E-state index contributed by atoms with van der Waals surface area (Å²) in [5.41, 5.74) is -0.604. The van der Waals surface area contributed by atoms with Crippen molar-refractivity contribution in [3.05, 3.63) is 12.7 Å². The van der Waals surface area contributed by atoms with Crippen LogP contribution in [-0.4, -0.2) is 32.4 Å². The first-order valence-corrected chi connectivity index (χ1v) is 5.67. The largest absolute Gasteiger partial charge is 0.396 e. The van der Waals surface area contributed by atoms with Crippen LogP contribution in [0, 0.1) is 5.41 Å². The maximum atomic E-state index is 11.3. The Morgan fingerprint density at radius 2 is 2.08 bits per heavy atom. The van der Waals surface area contributed by atoms with Gasteiger partial charge in [0.15, 0.2) is 0 Å². The number of sulfonamides is 1. The molecule has 0 spiro atoms. The second-order valence-electron chi connectivity index (χ2n) is 3.72. The minimum Gasteiger partial charge on any atom is -0.396 e. The van der Waals surface area contributed by atoms with Gasteiger partial charge >= 0.3 is 0 Å². The van der Waals surface area contributed by atoms with Crippen LogP contribution >= 0.6 is 0 Å². The molecule has 4 nitrogen and oxygen atoms in total. The summed E-state index contributed by atoms with van der Waals surface area (Å²) in [6.45, 7) is 6.87. The van der Waals surface area contributed by atoms with E-state index in [-0.39, 0.29) is 18.9 Å². The fourth-order valence-electron chi connectivity index (χ4n) is 0.797. The Morgan fingerprint density at radius 3 is 2.46 bits per heavy atom. The van der Waals surface area contributed by atoms with Crippen LogP contribution in [0.5, 0.6) is 0 Å². The molecule has 0 unspecified atom stereocenters. The summed E-state index contributed by atoms with van der Waals surface area (Å²) in [7, 11) is -3.29. The number of aliphatic hydroxyl groups is 1. The average molecular weight is 207 g/mol. The lowest BCUT2D eigenvalue weighted by molar-refractivity contribution is 0.178. The van der Waals surface area contributed by atoms with Crippen molar-refractivity contribution in [1.82, 2.24) is 4.72 Å². The van der Waals surface area contributed by atoms with Crippen LogP contribution in [0.3, 0.4) is 0 Å². The van der Waals surface area contributed by atoms with Crippen LogP contribution in [0.2, 0.25) is 0 Å². The second kappa shape index (κ2) is 4.74. The molecule has 0 aromatic rings. The van der Waals surface area contributed by atoms with Gasteiger partial charge in [0.2, 0.25) is 10.0 Å². The molecular weight excluding hydrogens is 190 g/mol. The number of rotatable bonds is 6. The summed E-state index contributed by atoms with van der Waals surface area (Å²) in [5.74, 6) is -0.0790. The molecule has 0 bridgehead atoms. The van der Waals surface area contributed by atoms with Gasteiger partial charge in [-0.15, -0.1) is 6.58 Å². The van der Waals surface area contributed by atoms with Crippen molar-refractivity contribution >= 4 is 10.0 Å². The number of aliphatic hydroxyl groups excluding tert-OH is 1. The molecule has 0 aliphatic carbocycles. The standard InChI is InChI=1S/C8H17NO3S/c1-4-5-9-13(11,12)7-8(2,3)6-10/h4,9-10H,1,5-7H2,2-3H3. The van der Waals surface area contributed by atoms with Crippen LogP contribution < -0.4 is 4.72 Å². The van der Waals surface area contributed by atoms with E-state index < -0.39 is 15.4 Å². The average Bonchev–Trinajstić information content (AvgIpc) is 1.99. The van der Waals surface area contributed by atoms with Crippen LogP contribution in [0.4, 0.5) is 0 Å². The fourth-order valence-corrected chi connectivity index (χ4v) is 2.39. The molecule has 0 amide bonds. The molecule has 0 aliphatic heterocycles. The summed E-state index contributed by atoms with van der Waals surface area (Å²) in [5, 5.41) is 8.87. The van der Waals surface area contributed by atoms with Crippen molar-refractivity contribution in [2.24, 2.45) is 5.41 Å². The van der Waals surface area contributed by atoms with Crippen molar-refractivity contribution in [1.29, 1.82) is 0 Å². The lowest BCUT2D eigenvalue weighted by Gasteiger charge is -2.20. The maximum absolute atomic E-state index is 11.3. The number of hydrogen-bond acceptors (Lipinski definition) is 3. The molecule has 5 heteroatoms. The van der Waals surface area contributed by atoms with E-state index in [9.17, 15) is 8.42 Å². The van der Waals surface area contributed by atoms with Gasteiger partial charge in [0.1, 0.15) is 0 Å². The minimum absolute atomic E-state index is 0.0790. The van der Waals surface area contributed by atoms with Gasteiger partial charge in [-0.2, -0.15) is 0 Å². The normalized spacial score (nSPS) is 12.8. The third kappa shape index (κ3) is 5.79. The quantitative estimate of drug-likeness (QED) is 0.608. The van der Waals surface area contributed by atoms with Gasteiger partial charge in [0, 0.05) is 18.6 Å². The Balaban J connectivity index is 4.25. The van der Waals surface area contributed by atoms with E-state index in [0.29, 0.717) is 0 Å². The SMILES string of the molecule is C=CCNS(=O)(=O)CC(C)(C)CO. The van der Waals surface area contributed by atoms with Gasteiger partial charge < -0.3 is 5.11 Å². The maximum Gasteiger partial charge on any atom is 0.212 e. The predicted octanol–water partition coefficient (Wildman–Crippen LogP) is 0.110. The predicted molar refractivity (Wildman–Crippen MR) is 52.9 cm³/mol. The molecule has 0 saturated carbocycles. The van der Waals surface area contributed by atoms with Crippen LogP contribution in [-0.2, 0) is 10.0 Å². The van der Waals surface area contributed by atoms with E-state index in [1.807, 2.05) is 0 Å². The lowest BCUT2D eigenvalue weighted by atomic mass is 9.98. The molecule has 0 aliphatic rings. The molecule has 0 radical (unpaired) electrons. The van der Waals surface area contributed by atoms with Crippen molar-refractivity contribution in [2.45, 2.75) is 13.8 Å². The highest BCUT2D eigenvalue weighted by Gasteiger charge is 2.24. The van der Waals surface area contributed by atoms with Gasteiger partial charge in [-0.05, 0) is 0 Å². The molecule has 13 heavy (non-hydrogen) atoms. The molecule has 0 aromatic carbocycles. The second-order valence-corrected chi connectivity index (χ2v) is 5.53. The zero-order valence-corrected chi connectivity index (χ0v) is 8.89. The Labute approximate surface area is 79.7 Å². The van der Waals surface area contributed by atoms with Crippen LogP contribution in [0.15, 0.2) is 12.7 Å². The first kappa shape index (κ1) is 12.6. The van der Waals surface area contributed by atoms with E-state index in [1.54, 1.807) is 13.8 Å². The van der Waals surface area contributed by atoms with E-state index in [0.717, 1.165) is 0 Å². The molecule has 0 atom stereocenters. The highest BCUT2D eigenvalue weighted by Crippen LogP contribution is 2.15. The summed E-state index contributed by atoms with van der Waals surface area (Å²) in [4.78, 5) is 0.